The fraction of sp³-hybridized carbons (Fsp3) is 0.524. The number of nitrogens with zero attached hydrogens (tertiary/aromatic N) is 1. The van der Waals surface area contributed by atoms with Gasteiger partial charge in [-0.3, -0.25) is 19.7 Å². The number of carbonyl (C=O) groups is 4. The molecular weight excluding hydrogens is 358 g/mol. The third-order valence-corrected chi connectivity index (χ3v) is 5.40. The lowest BCUT2D eigenvalue weighted by Gasteiger charge is -2.29. The van der Waals surface area contributed by atoms with E-state index in [1.165, 1.54) is 0 Å². The van der Waals surface area contributed by atoms with E-state index in [-0.39, 0.29) is 24.1 Å². The summed E-state index contributed by atoms with van der Waals surface area (Å²) in [6, 6.07) is 5.02. The molecule has 28 heavy (non-hydrogen) atoms. The van der Waals surface area contributed by atoms with Gasteiger partial charge in [-0.1, -0.05) is 25.3 Å². The molecule has 0 aromatic heterocycles. The predicted octanol–water partition coefficient (Wildman–Crippen LogP) is 2.40. The molecule has 7 nitrogen and oxygen atoms in total. The number of hydrogen-bond donors (Lipinski definition) is 2. The standard InChI is InChI=1S/C21H27N3O4/c25-13-6-4-2-1-3-5-12-22-17-9-7-8-15-16(17)14-24(21(15)28)18-10-11-19(26)23-20(18)27/h7-9,13,18,22H,1-6,10-12,14H2,(H,23,26,27). The lowest BCUT2D eigenvalue weighted by atomic mass is 10.0. The molecule has 1 saturated heterocycles. The maximum Gasteiger partial charge on any atom is 0.255 e. The Morgan fingerprint density at radius 1 is 1.11 bits per heavy atom. The molecule has 3 rings (SSSR count). The number of nitrogens with one attached hydrogen (secondary N) is 2. The van der Waals surface area contributed by atoms with Crippen molar-refractivity contribution in [2.24, 2.45) is 0 Å². The summed E-state index contributed by atoms with van der Waals surface area (Å²) >= 11 is 0. The van der Waals surface area contributed by atoms with Crippen molar-refractivity contribution in [1.82, 2.24) is 10.2 Å². The molecule has 1 atom stereocenters. The van der Waals surface area contributed by atoms with Crippen LogP contribution in [0.25, 0.3) is 0 Å². The second kappa shape index (κ2) is 9.48. The van der Waals surface area contributed by atoms with Gasteiger partial charge in [0.05, 0.1) is 0 Å². The van der Waals surface area contributed by atoms with E-state index >= 15 is 0 Å². The van der Waals surface area contributed by atoms with Crippen molar-refractivity contribution < 1.29 is 19.2 Å². The highest BCUT2D eigenvalue weighted by molar-refractivity contribution is 6.06. The van der Waals surface area contributed by atoms with Gasteiger partial charge in [-0.25, -0.2) is 0 Å². The van der Waals surface area contributed by atoms with Gasteiger partial charge in [0.25, 0.3) is 5.91 Å². The summed E-state index contributed by atoms with van der Waals surface area (Å²) in [5.41, 5.74) is 2.48. The highest BCUT2D eigenvalue weighted by Crippen LogP contribution is 2.32. The molecule has 2 N–H and O–H groups in total. The molecular formula is C21H27N3O4. The molecule has 3 amide bonds. The van der Waals surface area contributed by atoms with E-state index in [4.69, 9.17) is 0 Å². The van der Waals surface area contributed by atoms with Crippen LogP contribution in [0.2, 0.25) is 0 Å². The van der Waals surface area contributed by atoms with Crippen LogP contribution < -0.4 is 10.6 Å². The Morgan fingerprint density at radius 2 is 1.89 bits per heavy atom. The first-order valence-electron chi connectivity index (χ1n) is 10.1. The van der Waals surface area contributed by atoms with Gasteiger partial charge in [-0.2, -0.15) is 0 Å². The molecule has 0 aliphatic carbocycles. The minimum absolute atomic E-state index is 0.150. The smallest absolute Gasteiger partial charge is 0.255 e. The lowest BCUT2D eigenvalue weighted by molar-refractivity contribution is -0.136. The van der Waals surface area contributed by atoms with Gasteiger partial charge in [-0.15, -0.1) is 0 Å². The first kappa shape index (κ1) is 20.0. The zero-order chi connectivity index (χ0) is 19.9. The van der Waals surface area contributed by atoms with Crippen LogP contribution in [-0.4, -0.2) is 41.5 Å². The minimum atomic E-state index is -0.586. The molecule has 1 aromatic rings. The lowest BCUT2D eigenvalue weighted by Crippen LogP contribution is -2.52. The van der Waals surface area contributed by atoms with Crippen LogP contribution in [0.15, 0.2) is 18.2 Å². The Balaban J connectivity index is 1.54. The van der Waals surface area contributed by atoms with Crippen LogP contribution >= 0.6 is 0 Å². The van der Waals surface area contributed by atoms with Gasteiger partial charge >= 0.3 is 0 Å². The van der Waals surface area contributed by atoms with E-state index < -0.39 is 6.04 Å². The van der Waals surface area contributed by atoms with E-state index in [0.717, 1.165) is 56.2 Å². The molecule has 0 spiro atoms. The van der Waals surface area contributed by atoms with Crippen LogP contribution in [-0.2, 0) is 20.9 Å². The summed E-state index contributed by atoms with van der Waals surface area (Å²) in [6.45, 7) is 1.20. The van der Waals surface area contributed by atoms with Crippen LogP contribution in [0.3, 0.4) is 0 Å². The monoisotopic (exact) mass is 385 g/mol. The van der Waals surface area contributed by atoms with Crippen LogP contribution in [0.4, 0.5) is 5.69 Å². The van der Waals surface area contributed by atoms with Gasteiger partial charge in [0.2, 0.25) is 11.8 Å². The van der Waals surface area contributed by atoms with Crippen LogP contribution in [0, 0.1) is 0 Å². The summed E-state index contributed by atoms with van der Waals surface area (Å²) in [6.07, 6.45) is 7.52. The van der Waals surface area contributed by atoms with Crippen molar-refractivity contribution in [2.45, 2.75) is 64.0 Å². The van der Waals surface area contributed by atoms with Crippen LogP contribution in [0.5, 0.6) is 0 Å². The summed E-state index contributed by atoms with van der Waals surface area (Å²) in [5.74, 6) is -0.816. The molecule has 2 aliphatic rings. The van der Waals surface area contributed by atoms with Gasteiger partial charge in [0.1, 0.15) is 12.3 Å². The molecule has 1 unspecified atom stereocenters. The fourth-order valence-corrected chi connectivity index (χ4v) is 3.86. The van der Waals surface area contributed by atoms with Crippen molar-refractivity contribution >= 4 is 29.7 Å². The largest absolute Gasteiger partial charge is 0.385 e. The molecule has 0 saturated carbocycles. The molecule has 1 aromatic carbocycles. The number of anilines is 1. The van der Waals surface area contributed by atoms with Gasteiger partial charge in [0.15, 0.2) is 0 Å². The number of benzene rings is 1. The van der Waals surface area contributed by atoms with E-state index in [0.29, 0.717) is 24.9 Å². The maximum absolute atomic E-state index is 12.8. The number of imide groups is 1. The number of unbranched alkanes of at least 4 members (excludes halogenated alkanes) is 5. The van der Waals surface area contributed by atoms with Crippen molar-refractivity contribution in [3.8, 4) is 0 Å². The highest BCUT2D eigenvalue weighted by Gasteiger charge is 2.39. The summed E-state index contributed by atoms with van der Waals surface area (Å²) in [4.78, 5) is 48.2. The average Bonchev–Trinajstić information content (AvgIpc) is 3.01. The Labute approximate surface area is 164 Å². The van der Waals surface area contributed by atoms with E-state index in [1.807, 2.05) is 12.1 Å². The Hall–Kier alpha value is -2.70. The maximum atomic E-state index is 12.8. The molecule has 7 heteroatoms. The normalized spacial score (nSPS) is 18.8. The number of hydrogen-bond acceptors (Lipinski definition) is 5. The average molecular weight is 385 g/mol. The quantitative estimate of drug-likeness (QED) is 0.366. The van der Waals surface area contributed by atoms with E-state index in [1.54, 1.807) is 11.0 Å². The molecule has 0 bridgehead atoms. The molecule has 2 aliphatic heterocycles. The topological polar surface area (TPSA) is 95.6 Å². The zero-order valence-corrected chi connectivity index (χ0v) is 16.0. The number of aldehydes is 1. The molecule has 1 fully saturated rings. The second-order valence-electron chi connectivity index (χ2n) is 7.38. The second-order valence-corrected chi connectivity index (χ2v) is 7.38. The summed E-state index contributed by atoms with van der Waals surface area (Å²) in [7, 11) is 0. The molecule has 150 valence electrons. The highest BCUT2D eigenvalue weighted by atomic mass is 16.2. The van der Waals surface area contributed by atoms with Gasteiger partial charge in [-0.05, 0) is 31.4 Å². The third-order valence-electron chi connectivity index (χ3n) is 5.40. The van der Waals surface area contributed by atoms with Crippen LogP contribution in [0.1, 0.15) is 67.3 Å². The summed E-state index contributed by atoms with van der Waals surface area (Å²) < 4.78 is 0. The third kappa shape index (κ3) is 4.58. The van der Waals surface area contributed by atoms with Crippen molar-refractivity contribution in [3.63, 3.8) is 0 Å². The van der Waals surface area contributed by atoms with E-state index in [2.05, 4.69) is 10.6 Å². The SMILES string of the molecule is O=CCCCCCCCNc1cccc2c1CN(C1CCC(=O)NC1=O)C2=O. The fourth-order valence-electron chi connectivity index (χ4n) is 3.86. The van der Waals surface area contributed by atoms with E-state index in [9.17, 15) is 19.2 Å². The van der Waals surface area contributed by atoms with Crippen molar-refractivity contribution in [2.75, 3.05) is 11.9 Å². The van der Waals surface area contributed by atoms with Crippen molar-refractivity contribution in [1.29, 1.82) is 0 Å². The Kier molecular flexibility index (Phi) is 6.79. The number of carbonyl (C=O) groups excluding carboxylic acids is 4. The number of piperidine rings is 1. The predicted molar refractivity (Wildman–Crippen MR) is 105 cm³/mol. The van der Waals surface area contributed by atoms with Crippen molar-refractivity contribution in [3.05, 3.63) is 29.3 Å². The minimum Gasteiger partial charge on any atom is -0.385 e. The molecule has 0 radical (unpaired) electrons. The number of rotatable bonds is 10. The first-order valence-corrected chi connectivity index (χ1v) is 10.1. The summed E-state index contributed by atoms with van der Waals surface area (Å²) in [5, 5.41) is 5.75. The molecule has 2 heterocycles. The number of amides is 3. The number of fused-ring (bicyclic) bond motifs is 1. The Bertz CT molecular complexity index is 762. The first-order chi connectivity index (χ1) is 13.6. The Morgan fingerprint density at radius 3 is 2.68 bits per heavy atom. The zero-order valence-electron chi connectivity index (χ0n) is 16.0. The van der Waals surface area contributed by atoms with Gasteiger partial charge < -0.3 is 15.0 Å². The van der Waals surface area contributed by atoms with Gasteiger partial charge in [0, 0.05) is 42.7 Å².